The van der Waals surface area contributed by atoms with E-state index in [1.165, 1.54) is 0 Å². The second kappa shape index (κ2) is 5.58. The summed E-state index contributed by atoms with van der Waals surface area (Å²) in [6, 6.07) is 16.2. The van der Waals surface area contributed by atoms with E-state index in [2.05, 4.69) is 15.3 Å². The number of anilines is 1. The van der Waals surface area contributed by atoms with Crippen molar-refractivity contribution in [2.24, 2.45) is 5.73 Å². The highest BCUT2D eigenvalue weighted by atomic mass is 16.1. The maximum absolute atomic E-state index is 11.7. The zero-order valence-electron chi connectivity index (χ0n) is 11.2. The standard InChI is InChI=1S/C16H14N4O/c17-16(21)15(11-6-2-1-3-7-11)20-14-10-18-12-8-4-5-9-13(12)19-14/h1-10,15H,(H2,17,21)(H,19,20). The van der Waals surface area contributed by atoms with E-state index in [0.717, 1.165) is 16.6 Å². The molecular weight excluding hydrogens is 264 g/mol. The van der Waals surface area contributed by atoms with Crippen LogP contribution in [0.15, 0.2) is 60.8 Å². The first-order valence-corrected chi connectivity index (χ1v) is 6.56. The first-order chi connectivity index (χ1) is 10.2. The number of hydrogen-bond donors (Lipinski definition) is 2. The summed E-state index contributed by atoms with van der Waals surface area (Å²) < 4.78 is 0. The maximum atomic E-state index is 11.7. The molecule has 3 N–H and O–H groups in total. The third-order valence-corrected chi connectivity index (χ3v) is 3.16. The molecular formula is C16H14N4O. The fraction of sp³-hybridized carbons (Fsp3) is 0.0625. The molecule has 0 aliphatic carbocycles. The fourth-order valence-electron chi connectivity index (χ4n) is 2.14. The van der Waals surface area contributed by atoms with Gasteiger partial charge in [-0.15, -0.1) is 0 Å². The topological polar surface area (TPSA) is 80.9 Å². The Morgan fingerprint density at radius 3 is 2.38 bits per heavy atom. The molecule has 1 unspecified atom stereocenters. The van der Waals surface area contributed by atoms with Gasteiger partial charge in [-0.25, -0.2) is 4.98 Å². The number of rotatable bonds is 4. The lowest BCUT2D eigenvalue weighted by atomic mass is 10.1. The molecule has 5 nitrogen and oxygen atoms in total. The minimum Gasteiger partial charge on any atom is -0.368 e. The van der Waals surface area contributed by atoms with Crippen molar-refractivity contribution in [3.05, 3.63) is 66.4 Å². The Bertz CT molecular complexity index is 773. The Labute approximate surface area is 121 Å². The van der Waals surface area contributed by atoms with Crippen LogP contribution in [-0.2, 0) is 4.79 Å². The number of para-hydroxylation sites is 2. The SMILES string of the molecule is NC(=O)C(Nc1cnc2ccccc2n1)c1ccccc1. The summed E-state index contributed by atoms with van der Waals surface area (Å²) in [5.41, 5.74) is 7.84. The van der Waals surface area contributed by atoms with Gasteiger partial charge in [0.25, 0.3) is 0 Å². The Kier molecular flexibility index (Phi) is 3.47. The minimum atomic E-state index is -0.637. The fourth-order valence-corrected chi connectivity index (χ4v) is 2.14. The number of carbonyl (C=O) groups is 1. The Morgan fingerprint density at radius 1 is 1.00 bits per heavy atom. The molecule has 21 heavy (non-hydrogen) atoms. The molecule has 0 aliphatic heterocycles. The van der Waals surface area contributed by atoms with Gasteiger partial charge in [0.15, 0.2) is 0 Å². The van der Waals surface area contributed by atoms with Crippen molar-refractivity contribution in [3.8, 4) is 0 Å². The summed E-state index contributed by atoms with van der Waals surface area (Å²) in [4.78, 5) is 20.4. The molecule has 3 aromatic rings. The van der Waals surface area contributed by atoms with Gasteiger partial charge in [-0.1, -0.05) is 42.5 Å². The van der Waals surface area contributed by atoms with E-state index < -0.39 is 11.9 Å². The van der Waals surface area contributed by atoms with Crippen LogP contribution in [-0.4, -0.2) is 15.9 Å². The molecule has 0 aliphatic rings. The van der Waals surface area contributed by atoms with Crippen LogP contribution >= 0.6 is 0 Å². The van der Waals surface area contributed by atoms with E-state index in [0.29, 0.717) is 5.82 Å². The lowest BCUT2D eigenvalue weighted by Gasteiger charge is -2.16. The van der Waals surface area contributed by atoms with E-state index >= 15 is 0 Å². The number of nitrogens with two attached hydrogens (primary N) is 1. The van der Waals surface area contributed by atoms with Crippen molar-refractivity contribution in [1.29, 1.82) is 0 Å². The number of hydrogen-bond acceptors (Lipinski definition) is 4. The molecule has 0 fully saturated rings. The molecule has 0 spiro atoms. The van der Waals surface area contributed by atoms with Crippen molar-refractivity contribution in [1.82, 2.24) is 9.97 Å². The second-order valence-corrected chi connectivity index (χ2v) is 4.63. The van der Waals surface area contributed by atoms with Gasteiger partial charge >= 0.3 is 0 Å². The van der Waals surface area contributed by atoms with Crippen LogP contribution in [0.3, 0.4) is 0 Å². The second-order valence-electron chi connectivity index (χ2n) is 4.63. The summed E-state index contributed by atoms with van der Waals surface area (Å²) >= 11 is 0. The van der Waals surface area contributed by atoms with Crippen LogP contribution in [0.1, 0.15) is 11.6 Å². The van der Waals surface area contributed by atoms with Crippen LogP contribution in [0.2, 0.25) is 0 Å². The number of aromatic nitrogens is 2. The van der Waals surface area contributed by atoms with Gasteiger partial charge in [0.05, 0.1) is 17.2 Å². The smallest absolute Gasteiger partial charge is 0.244 e. The highest BCUT2D eigenvalue weighted by Gasteiger charge is 2.17. The predicted molar refractivity (Wildman–Crippen MR) is 81.5 cm³/mol. The summed E-state index contributed by atoms with van der Waals surface area (Å²) in [6.45, 7) is 0. The first kappa shape index (κ1) is 13.1. The zero-order valence-corrected chi connectivity index (χ0v) is 11.2. The van der Waals surface area contributed by atoms with E-state index in [1.54, 1.807) is 6.20 Å². The van der Waals surface area contributed by atoms with Crippen LogP contribution in [0.5, 0.6) is 0 Å². The molecule has 0 radical (unpaired) electrons. The molecule has 5 heteroatoms. The Balaban J connectivity index is 1.93. The lowest BCUT2D eigenvalue weighted by Crippen LogP contribution is -2.28. The van der Waals surface area contributed by atoms with Crippen molar-refractivity contribution < 1.29 is 4.79 Å². The quantitative estimate of drug-likeness (QED) is 0.767. The van der Waals surface area contributed by atoms with Crippen LogP contribution in [0, 0.1) is 0 Å². The highest BCUT2D eigenvalue weighted by molar-refractivity contribution is 5.84. The van der Waals surface area contributed by atoms with E-state index in [9.17, 15) is 4.79 Å². The highest BCUT2D eigenvalue weighted by Crippen LogP contribution is 2.19. The monoisotopic (exact) mass is 278 g/mol. The molecule has 0 bridgehead atoms. The normalized spacial score (nSPS) is 12.0. The largest absolute Gasteiger partial charge is 0.368 e. The van der Waals surface area contributed by atoms with Crippen molar-refractivity contribution in [2.45, 2.75) is 6.04 Å². The van der Waals surface area contributed by atoms with E-state index in [-0.39, 0.29) is 0 Å². The average Bonchev–Trinajstić information content (AvgIpc) is 2.53. The summed E-state index contributed by atoms with van der Waals surface area (Å²) in [6.07, 6.45) is 1.60. The molecule has 1 atom stereocenters. The average molecular weight is 278 g/mol. The van der Waals surface area contributed by atoms with Crippen molar-refractivity contribution in [3.63, 3.8) is 0 Å². The maximum Gasteiger partial charge on any atom is 0.244 e. The molecule has 0 saturated heterocycles. The predicted octanol–water partition coefficient (Wildman–Crippen LogP) is 2.27. The molecule has 104 valence electrons. The Hall–Kier alpha value is -2.95. The summed E-state index contributed by atoms with van der Waals surface area (Å²) in [5.74, 6) is 0.0533. The third kappa shape index (κ3) is 2.81. The van der Waals surface area contributed by atoms with Crippen molar-refractivity contribution >= 4 is 22.8 Å². The van der Waals surface area contributed by atoms with Crippen LogP contribution in [0.25, 0.3) is 11.0 Å². The van der Waals surface area contributed by atoms with Gasteiger partial charge in [-0.2, -0.15) is 0 Å². The molecule has 1 aromatic heterocycles. The van der Waals surface area contributed by atoms with Gasteiger partial charge in [0, 0.05) is 0 Å². The number of fused-ring (bicyclic) bond motifs is 1. The number of primary amides is 1. The van der Waals surface area contributed by atoms with E-state index in [4.69, 9.17) is 5.73 Å². The number of benzene rings is 2. The van der Waals surface area contributed by atoms with Gasteiger partial charge in [-0.3, -0.25) is 9.78 Å². The van der Waals surface area contributed by atoms with Gasteiger partial charge in [0.2, 0.25) is 5.91 Å². The zero-order chi connectivity index (χ0) is 14.7. The summed E-state index contributed by atoms with van der Waals surface area (Å²) in [7, 11) is 0. The Morgan fingerprint density at radius 2 is 1.67 bits per heavy atom. The minimum absolute atomic E-state index is 0.462. The van der Waals surface area contributed by atoms with Crippen LogP contribution in [0.4, 0.5) is 5.82 Å². The number of carbonyl (C=O) groups excluding carboxylic acids is 1. The number of nitrogens with one attached hydrogen (secondary N) is 1. The molecule has 3 rings (SSSR count). The molecule has 0 saturated carbocycles. The van der Waals surface area contributed by atoms with Crippen molar-refractivity contribution in [2.75, 3.05) is 5.32 Å². The molecule has 1 amide bonds. The number of nitrogens with zero attached hydrogens (tertiary/aromatic N) is 2. The molecule has 1 heterocycles. The summed E-state index contributed by atoms with van der Waals surface area (Å²) in [5, 5.41) is 3.04. The third-order valence-electron chi connectivity index (χ3n) is 3.16. The number of amides is 1. The molecule has 2 aromatic carbocycles. The van der Waals surface area contributed by atoms with Gasteiger partial charge in [-0.05, 0) is 17.7 Å². The van der Waals surface area contributed by atoms with Crippen LogP contribution < -0.4 is 11.1 Å². The van der Waals surface area contributed by atoms with Gasteiger partial charge < -0.3 is 11.1 Å². The first-order valence-electron chi connectivity index (χ1n) is 6.56. The lowest BCUT2D eigenvalue weighted by molar-refractivity contribution is -0.118. The van der Waals surface area contributed by atoms with Gasteiger partial charge in [0.1, 0.15) is 11.9 Å². The van der Waals surface area contributed by atoms with E-state index in [1.807, 2.05) is 54.6 Å².